The smallest absolute Gasteiger partial charge is 0.310 e. The number of benzene rings is 1. The van der Waals surface area contributed by atoms with Crippen molar-refractivity contribution in [3.63, 3.8) is 0 Å². The van der Waals surface area contributed by atoms with Crippen molar-refractivity contribution in [1.29, 1.82) is 0 Å². The van der Waals surface area contributed by atoms with Gasteiger partial charge in [-0.2, -0.15) is 0 Å². The van der Waals surface area contributed by atoms with Crippen LogP contribution in [-0.2, 0) is 19.1 Å². The molecule has 3 saturated heterocycles. The Morgan fingerprint density at radius 1 is 1.22 bits per heavy atom. The normalized spacial score (nSPS) is 28.9. The lowest BCUT2D eigenvalue weighted by Crippen LogP contribution is -2.59. The second-order valence-corrected chi connectivity index (χ2v) is 10.6. The van der Waals surface area contributed by atoms with E-state index in [1.807, 2.05) is 38.1 Å². The van der Waals surface area contributed by atoms with Crippen LogP contribution in [-0.4, -0.2) is 82.9 Å². The van der Waals surface area contributed by atoms with Gasteiger partial charge in [0.05, 0.1) is 30.6 Å². The lowest BCUT2D eigenvalue weighted by atomic mass is 9.70. The highest BCUT2D eigenvalue weighted by molar-refractivity contribution is 6.04. The standard InChI is InChI=1S/C28H39N3O6/c1-6-15-30(19-11-9-18(10-12-19)29(7-2)8-3)26(34)24-28-14-13-21(37-28)22(27(35)36)23(28)25(33)31(24)20(16-32)17(4)5/h6,9-12,17,20-24,32H,1,7-8,13-16H2,2-5H3,(H,35,36)/t20-,21+,22-,23-,24?,28?/m0/s1. The first-order valence-electron chi connectivity index (χ1n) is 13.3. The summed E-state index contributed by atoms with van der Waals surface area (Å²) in [4.78, 5) is 45.8. The van der Waals surface area contributed by atoms with Gasteiger partial charge in [-0.1, -0.05) is 19.9 Å². The van der Waals surface area contributed by atoms with Crippen LogP contribution in [0.4, 0.5) is 11.4 Å². The number of aliphatic carboxylic acids is 1. The molecule has 4 rings (SSSR count). The molecule has 0 saturated carbocycles. The molecule has 6 atom stereocenters. The number of aliphatic hydroxyl groups is 1. The number of carbonyl (C=O) groups excluding carboxylic acids is 2. The Morgan fingerprint density at radius 3 is 2.35 bits per heavy atom. The van der Waals surface area contributed by atoms with Crippen molar-refractivity contribution in [1.82, 2.24) is 4.90 Å². The highest BCUT2D eigenvalue weighted by atomic mass is 16.5. The summed E-state index contributed by atoms with van der Waals surface area (Å²) in [6, 6.07) is 6.00. The highest BCUT2D eigenvalue weighted by Crippen LogP contribution is 2.59. The van der Waals surface area contributed by atoms with Gasteiger partial charge in [-0.05, 0) is 56.9 Å². The molecular weight excluding hydrogens is 474 g/mol. The Hall–Kier alpha value is -2.91. The third-order valence-corrected chi connectivity index (χ3v) is 8.44. The van der Waals surface area contributed by atoms with Crippen LogP contribution in [0.3, 0.4) is 0 Å². The van der Waals surface area contributed by atoms with Crippen LogP contribution < -0.4 is 9.80 Å². The highest BCUT2D eigenvalue weighted by Gasteiger charge is 2.75. The van der Waals surface area contributed by atoms with Gasteiger partial charge in [-0.15, -0.1) is 6.58 Å². The predicted octanol–water partition coefficient (Wildman–Crippen LogP) is 2.53. The van der Waals surface area contributed by atoms with E-state index in [4.69, 9.17) is 4.74 Å². The Labute approximate surface area is 218 Å². The fraction of sp³-hybridized carbons (Fsp3) is 0.607. The molecule has 2 bridgehead atoms. The van der Waals surface area contributed by atoms with Crippen molar-refractivity contribution in [2.24, 2.45) is 17.8 Å². The first-order chi connectivity index (χ1) is 17.7. The van der Waals surface area contributed by atoms with Gasteiger partial charge in [0, 0.05) is 31.0 Å². The predicted molar refractivity (Wildman–Crippen MR) is 140 cm³/mol. The Balaban J connectivity index is 1.78. The molecule has 2 unspecified atom stereocenters. The number of carbonyl (C=O) groups is 3. The van der Waals surface area contributed by atoms with E-state index in [0.717, 1.165) is 18.8 Å². The van der Waals surface area contributed by atoms with Gasteiger partial charge in [0.1, 0.15) is 11.6 Å². The van der Waals surface area contributed by atoms with E-state index in [-0.39, 0.29) is 25.0 Å². The van der Waals surface area contributed by atoms with E-state index in [1.165, 1.54) is 4.90 Å². The molecular formula is C28H39N3O6. The fourth-order valence-corrected chi connectivity index (χ4v) is 6.66. The van der Waals surface area contributed by atoms with Crippen LogP contribution in [0, 0.1) is 17.8 Å². The minimum Gasteiger partial charge on any atom is -0.481 e. The molecule has 3 fully saturated rings. The molecule has 2 N–H and O–H groups in total. The Morgan fingerprint density at radius 2 is 1.84 bits per heavy atom. The average molecular weight is 514 g/mol. The summed E-state index contributed by atoms with van der Waals surface area (Å²) in [6.07, 6.45) is 1.93. The summed E-state index contributed by atoms with van der Waals surface area (Å²) >= 11 is 0. The molecule has 9 heteroatoms. The number of anilines is 2. The second kappa shape index (κ2) is 10.5. The lowest BCUT2D eigenvalue weighted by Gasteiger charge is -2.40. The van der Waals surface area contributed by atoms with Gasteiger partial charge < -0.3 is 29.6 Å². The third-order valence-electron chi connectivity index (χ3n) is 8.44. The second-order valence-electron chi connectivity index (χ2n) is 10.6. The molecule has 0 radical (unpaired) electrons. The van der Waals surface area contributed by atoms with Gasteiger partial charge in [0.25, 0.3) is 5.91 Å². The zero-order valence-corrected chi connectivity index (χ0v) is 22.2. The summed E-state index contributed by atoms with van der Waals surface area (Å²) in [5, 5.41) is 20.3. The minimum atomic E-state index is -1.23. The van der Waals surface area contributed by atoms with E-state index in [2.05, 4.69) is 25.3 Å². The average Bonchev–Trinajstić information content (AvgIpc) is 3.51. The molecule has 3 heterocycles. The zero-order valence-electron chi connectivity index (χ0n) is 22.2. The molecule has 9 nitrogen and oxygen atoms in total. The van der Waals surface area contributed by atoms with Crippen LogP contribution in [0.25, 0.3) is 0 Å². The van der Waals surface area contributed by atoms with Crippen LogP contribution in [0.15, 0.2) is 36.9 Å². The maximum Gasteiger partial charge on any atom is 0.310 e. The summed E-state index contributed by atoms with van der Waals surface area (Å²) in [6.45, 7) is 13.3. The Kier molecular flexibility index (Phi) is 7.67. The van der Waals surface area contributed by atoms with Gasteiger partial charge in [0.15, 0.2) is 0 Å². The molecule has 1 aromatic rings. The number of carboxylic acids is 1. The quantitative estimate of drug-likeness (QED) is 0.438. The summed E-state index contributed by atoms with van der Waals surface area (Å²) in [7, 11) is 0. The molecule has 1 aromatic carbocycles. The number of likely N-dealkylation sites (tertiary alicyclic amines) is 1. The monoisotopic (exact) mass is 513 g/mol. The number of ether oxygens (including phenoxy) is 1. The number of hydrogen-bond donors (Lipinski definition) is 2. The van der Waals surface area contributed by atoms with Crippen molar-refractivity contribution in [2.45, 2.75) is 64.3 Å². The van der Waals surface area contributed by atoms with Gasteiger partial charge >= 0.3 is 5.97 Å². The molecule has 3 aliphatic rings. The lowest BCUT2D eigenvalue weighted by molar-refractivity contribution is -0.151. The topological polar surface area (TPSA) is 111 Å². The number of hydrogen-bond acceptors (Lipinski definition) is 6. The maximum atomic E-state index is 14.4. The molecule has 37 heavy (non-hydrogen) atoms. The van der Waals surface area contributed by atoms with E-state index in [0.29, 0.717) is 18.5 Å². The number of amides is 2. The minimum absolute atomic E-state index is 0.152. The van der Waals surface area contributed by atoms with E-state index in [9.17, 15) is 24.6 Å². The van der Waals surface area contributed by atoms with E-state index >= 15 is 0 Å². The van der Waals surface area contributed by atoms with Gasteiger partial charge in [-0.25, -0.2) is 0 Å². The molecule has 202 valence electrons. The molecule has 1 spiro atoms. The largest absolute Gasteiger partial charge is 0.481 e. The summed E-state index contributed by atoms with van der Waals surface area (Å²) in [5.41, 5.74) is 0.462. The summed E-state index contributed by atoms with van der Waals surface area (Å²) in [5.74, 6) is -3.97. The number of rotatable bonds is 11. The molecule has 3 aliphatic heterocycles. The van der Waals surface area contributed by atoms with Crippen molar-refractivity contribution < 1.29 is 29.3 Å². The van der Waals surface area contributed by atoms with Crippen LogP contribution in [0.1, 0.15) is 40.5 Å². The van der Waals surface area contributed by atoms with Crippen LogP contribution in [0.5, 0.6) is 0 Å². The molecule has 0 aliphatic carbocycles. The maximum absolute atomic E-state index is 14.4. The van der Waals surface area contributed by atoms with Gasteiger partial charge in [0.2, 0.25) is 5.91 Å². The van der Waals surface area contributed by atoms with Crippen molar-refractivity contribution >= 4 is 29.2 Å². The van der Waals surface area contributed by atoms with Crippen molar-refractivity contribution in [3.8, 4) is 0 Å². The first kappa shape index (κ1) is 27.1. The number of carboxylic acid groups (broad SMARTS) is 1. The first-order valence-corrected chi connectivity index (χ1v) is 13.3. The number of aliphatic hydroxyl groups excluding tert-OH is 1. The molecule has 0 aromatic heterocycles. The summed E-state index contributed by atoms with van der Waals surface area (Å²) < 4.78 is 6.31. The zero-order chi connectivity index (χ0) is 27.1. The van der Waals surface area contributed by atoms with E-state index < -0.39 is 47.5 Å². The van der Waals surface area contributed by atoms with Crippen molar-refractivity contribution in [3.05, 3.63) is 36.9 Å². The number of fused-ring (bicyclic) bond motifs is 1. The Bertz CT molecular complexity index is 1040. The van der Waals surface area contributed by atoms with Crippen molar-refractivity contribution in [2.75, 3.05) is 36.0 Å². The molecule has 2 amide bonds. The van der Waals surface area contributed by atoms with E-state index in [1.54, 1.807) is 11.0 Å². The van der Waals surface area contributed by atoms with Gasteiger partial charge in [-0.3, -0.25) is 14.4 Å². The van der Waals surface area contributed by atoms with Crippen LogP contribution >= 0.6 is 0 Å². The van der Waals surface area contributed by atoms with Crippen LogP contribution in [0.2, 0.25) is 0 Å². The number of nitrogens with zero attached hydrogens (tertiary/aromatic N) is 3. The SMILES string of the molecule is C=CCN(C(=O)C1N([C@@H](CO)C(C)C)C(=O)[C@@H]2[C@@H](C(=O)O)[C@H]3CCC12O3)c1ccc(N(CC)CC)cc1. The fourth-order valence-electron chi connectivity index (χ4n) is 6.66. The third kappa shape index (κ3) is 4.22.